The van der Waals surface area contributed by atoms with Gasteiger partial charge in [0, 0.05) is 17.9 Å². The molecule has 2 rings (SSSR count). The van der Waals surface area contributed by atoms with E-state index < -0.39 is 0 Å². The number of hydrogen-bond acceptors (Lipinski definition) is 2. The van der Waals surface area contributed by atoms with E-state index in [-0.39, 0.29) is 5.91 Å². The number of halogens is 1. The van der Waals surface area contributed by atoms with Gasteiger partial charge in [0.15, 0.2) is 0 Å². The average molecular weight is 330 g/mol. The summed E-state index contributed by atoms with van der Waals surface area (Å²) in [6, 6.07) is 2.57. The van der Waals surface area contributed by atoms with E-state index in [9.17, 15) is 4.79 Å². The van der Waals surface area contributed by atoms with Crippen LogP contribution < -0.4 is 0 Å². The van der Waals surface area contributed by atoms with Gasteiger partial charge in [0.05, 0.1) is 4.88 Å². The summed E-state index contributed by atoms with van der Waals surface area (Å²) in [6.45, 7) is 3.00. The number of carbonyl (C=O) groups is 1. The van der Waals surface area contributed by atoms with Crippen molar-refractivity contribution in [2.75, 3.05) is 11.9 Å². The minimum atomic E-state index is 0.257. The zero-order valence-electron chi connectivity index (χ0n) is 10.8. The molecule has 0 radical (unpaired) electrons. The van der Waals surface area contributed by atoms with Crippen molar-refractivity contribution < 1.29 is 4.79 Å². The van der Waals surface area contributed by atoms with Crippen LogP contribution in [0.25, 0.3) is 0 Å². The first-order chi connectivity index (χ1) is 8.77. The van der Waals surface area contributed by atoms with E-state index in [0.29, 0.717) is 6.04 Å². The van der Waals surface area contributed by atoms with Crippen LogP contribution >= 0.6 is 27.3 Å². The van der Waals surface area contributed by atoms with Crippen LogP contribution in [-0.4, -0.2) is 28.7 Å². The van der Waals surface area contributed by atoms with E-state index in [1.54, 1.807) is 11.3 Å². The maximum atomic E-state index is 12.6. The van der Waals surface area contributed by atoms with E-state index in [1.807, 2.05) is 5.38 Å². The average Bonchev–Trinajstić information content (AvgIpc) is 2.79. The van der Waals surface area contributed by atoms with Gasteiger partial charge in [-0.2, -0.15) is 0 Å². The van der Waals surface area contributed by atoms with E-state index >= 15 is 0 Å². The Morgan fingerprint density at radius 2 is 2.33 bits per heavy atom. The second kappa shape index (κ2) is 6.71. The van der Waals surface area contributed by atoms with Crippen LogP contribution in [0.15, 0.2) is 11.4 Å². The van der Waals surface area contributed by atoms with Crippen molar-refractivity contribution in [3.63, 3.8) is 0 Å². The summed E-state index contributed by atoms with van der Waals surface area (Å²) >= 11 is 5.05. The van der Waals surface area contributed by atoms with E-state index in [4.69, 9.17) is 0 Å². The fraction of sp³-hybridized carbons (Fsp3) is 0.643. The summed E-state index contributed by atoms with van der Waals surface area (Å²) in [6.07, 6.45) is 5.62. The molecule has 2 nitrogen and oxygen atoms in total. The molecule has 1 aliphatic rings. The number of aryl methyl sites for hydroxylation is 1. The molecule has 0 spiro atoms. The summed E-state index contributed by atoms with van der Waals surface area (Å²) in [5.74, 6) is 0.257. The molecule has 0 bridgehead atoms. The summed E-state index contributed by atoms with van der Waals surface area (Å²) in [4.78, 5) is 15.7. The van der Waals surface area contributed by atoms with Gasteiger partial charge in [-0.25, -0.2) is 0 Å². The largest absolute Gasteiger partial charge is 0.335 e. The second-order valence-electron chi connectivity index (χ2n) is 4.75. The van der Waals surface area contributed by atoms with Crippen molar-refractivity contribution in [3.8, 4) is 0 Å². The Bertz CT molecular complexity index is 400. The Morgan fingerprint density at radius 3 is 2.89 bits per heavy atom. The van der Waals surface area contributed by atoms with Gasteiger partial charge in [-0.1, -0.05) is 22.9 Å². The molecule has 1 fully saturated rings. The predicted molar refractivity (Wildman–Crippen MR) is 80.8 cm³/mol. The number of nitrogens with zero attached hydrogens (tertiary/aromatic N) is 1. The van der Waals surface area contributed by atoms with Gasteiger partial charge in [0.1, 0.15) is 0 Å². The highest BCUT2D eigenvalue weighted by molar-refractivity contribution is 9.09. The molecule has 4 heteroatoms. The van der Waals surface area contributed by atoms with E-state index in [2.05, 4.69) is 33.8 Å². The van der Waals surface area contributed by atoms with Gasteiger partial charge >= 0.3 is 0 Å². The number of thiophene rings is 1. The molecule has 1 heterocycles. The molecule has 1 amide bonds. The SMILES string of the molecule is CCc1ccsc1C(=O)N(CCCBr)C1CCC1. The third-order valence-corrected chi connectivity index (χ3v) is 5.14. The molecule has 1 aromatic rings. The Kier molecular flexibility index (Phi) is 5.25. The molecule has 0 atom stereocenters. The molecule has 1 aromatic heterocycles. The number of rotatable bonds is 6. The number of alkyl halides is 1. The van der Waals surface area contributed by atoms with E-state index in [1.165, 1.54) is 24.8 Å². The van der Waals surface area contributed by atoms with Crippen LogP contribution in [0, 0.1) is 0 Å². The van der Waals surface area contributed by atoms with Crippen LogP contribution in [0.1, 0.15) is 47.8 Å². The maximum Gasteiger partial charge on any atom is 0.264 e. The van der Waals surface area contributed by atoms with E-state index in [0.717, 1.165) is 29.6 Å². The third kappa shape index (κ3) is 2.97. The fourth-order valence-corrected chi connectivity index (χ4v) is 3.51. The van der Waals surface area contributed by atoms with Crippen molar-refractivity contribution in [2.45, 2.75) is 45.1 Å². The van der Waals surface area contributed by atoms with Crippen LogP contribution in [-0.2, 0) is 6.42 Å². The molecule has 18 heavy (non-hydrogen) atoms. The van der Waals surface area contributed by atoms with Gasteiger partial charge in [-0.05, 0) is 49.1 Å². The van der Waals surface area contributed by atoms with Crippen LogP contribution in [0.4, 0.5) is 0 Å². The minimum Gasteiger partial charge on any atom is -0.335 e. The summed E-state index contributed by atoms with van der Waals surface area (Å²) < 4.78 is 0. The predicted octanol–water partition coefficient (Wildman–Crippen LogP) is 4.09. The lowest BCUT2D eigenvalue weighted by atomic mass is 9.91. The zero-order chi connectivity index (χ0) is 13.0. The fourth-order valence-electron chi connectivity index (χ4n) is 2.31. The highest BCUT2D eigenvalue weighted by atomic mass is 79.9. The lowest BCUT2D eigenvalue weighted by Crippen LogP contribution is -2.44. The quantitative estimate of drug-likeness (QED) is 0.720. The lowest BCUT2D eigenvalue weighted by molar-refractivity contribution is 0.0585. The van der Waals surface area contributed by atoms with Gasteiger partial charge < -0.3 is 4.90 Å². The normalized spacial score (nSPS) is 15.4. The summed E-state index contributed by atoms with van der Waals surface area (Å²) in [5.41, 5.74) is 1.20. The molecule has 100 valence electrons. The first kappa shape index (κ1) is 14.1. The number of amides is 1. The highest BCUT2D eigenvalue weighted by Crippen LogP contribution is 2.28. The van der Waals surface area contributed by atoms with Crippen molar-refractivity contribution in [1.82, 2.24) is 4.90 Å². The van der Waals surface area contributed by atoms with Gasteiger partial charge in [0.2, 0.25) is 0 Å². The van der Waals surface area contributed by atoms with Crippen molar-refractivity contribution >= 4 is 33.2 Å². The molecule has 0 unspecified atom stereocenters. The first-order valence-electron chi connectivity index (χ1n) is 6.71. The van der Waals surface area contributed by atoms with Crippen molar-refractivity contribution in [3.05, 3.63) is 21.9 Å². The van der Waals surface area contributed by atoms with Crippen LogP contribution in [0.3, 0.4) is 0 Å². The Balaban J connectivity index is 2.11. The lowest BCUT2D eigenvalue weighted by Gasteiger charge is -2.37. The standard InChI is InChI=1S/C14H20BrNOS/c1-2-11-7-10-18-13(11)14(17)16(9-4-8-15)12-5-3-6-12/h7,10,12H,2-6,8-9H2,1H3. The zero-order valence-corrected chi connectivity index (χ0v) is 13.2. The second-order valence-corrected chi connectivity index (χ2v) is 6.46. The number of carbonyl (C=O) groups excluding carboxylic acids is 1. The molecule has 0 N–H and O–H groups in total. The van der Waals surface area contributed by atoms with Gasteiger partial charge in [-0.3, -0.25) is 4.79 Å². The smallest absolute Gasteiger partial charge is 0.264 e. The molecule has 0 aliphatic heterocycles. The molecular weight excluding hydrogens is 310 g/mol. The topological polar surface area (TPSA) is 20.3 Å². The Labute approximate surface area is 122 Å². The van der Waals surface area contributed by atoms with Crippen molar-refractivity contribution in [2.24, 2.45) is 0 Å². The van der Waals surface area contributed by atoms with Crippen LogP contribution in [0.5, 0.6) is 0 Å². The summed E-state index contributed by atoms with van der Waals surface area (Å²) in [7, 11) is 0. The highest BCUT2D eigenvalue weighted by Gasteiger charge is 2.30. The monoisotopic (exact) mass is 329 g/mol. The van der Waals surface area contributed by atoms with Crippen LogP contribution in [0.2, 0.25) is 0 Å². The first-order valence-corrected chi connectivity index (χ1v) is 8.71. The maximum absolute atomic E-state index is 12.6. The molecular formula is C14H20BrNOS. The molecule has 1 saturated carbocycles. The minimum absolute atomic E-state index is 0.257. The summed E-state index contributed by atoms with van der Waals surface area (Å²) in [5, 5.41) is 3.00. The molecule has 1 aliphatic carbocycles. The van der Waals surface area contributed by atoms with Gasteiger partial charge in [0.25, 0.3) is 5.91 Å². The van der Waals surface area contributed by atoms with Crippen molar-refractivity contribution in [1.29, 1.82) is 0 Å². The third-order valence-electron chi connectivity index (χ3n) is 3.63. The molecule has 0 aromatic carbocycles. The Hall–Kier alpha value is -0.350. The number of hydrogen-bond donors (Lipinski definition) is 0. The van der Waals surface area contributed by atoms with Gasteiger partial charge in [-0.15, -0.1) is 11.3 Å². The molecule has 0 saturated heterocycles. The Morgan fingerprint density at radius 1 is 1.56 bits per heavy atom.